The summed E-state index contributed by atoms with van der Waals surface area (Å²) in [6, 6.07) is 11.3. The summed E-state index contributed by atoms with van der Waals surface area (Å²) < 4.78 is 8.86. The zero-order chi connectivity index (χ0) is 21.1. The Hall–Kier alpha value is -3.68. The molecule has 0 saturated heterocycles. The Labute approximate surface area is 172 Å². The molecule has 4 aromatic rings. The number of pyridine rings is 1. The summed E-state index contributed by atoms with van der Waals surface area (Å²) in [5, 5.41) is 0. The van der Waals surface area contributed by atoms with Crippen LogP contribution in [0.3, 0.4) is 0 Å². The number of unbranched alkanes of at least 4 members (excludes halogenated alkanes) is 1. The zero-order valence-corrected chi connectivity index (χ0v) is 17.0. The first-order valence-electron chi connectivity index (χ1n) is 9.89. The summed E-state index contributed by atoms with van der Waals surface area (Å²) in [5.41, 5.74) is 1.50. The summed E-state index contributed by atoms with van der Waals surface area (Å²) in [6.45, 7) is 2.90. The van der Waals surface area contributed by atoms with Crippen molar-refractivity contribution in [3.05, 3.63) is 75.2 Å². The maximum Gasteiger partial charge on any atom is 0.330 e. The molecule has 0 aliphatic rings. The van der Waals surface area contributed by atoms with Gasteiger partial charge in [0.25, 0.3) is 5.56 Å². The second kappa shape index (κ2) is 8.36. The molecule has 0 unspecified atom stereocenters. The molecule has 0 aliphatic heterocycles. The van der Waals surface area contributed by atoms with Crippen molar-refractivity contribution in [2.24, 2.45) is 0 Å². The first kappa shape index (κ1) is 19.6. The predicted octanol–water partition coefficient (Wildman–Crippen LogP) is 2.81. The molecule has 1 N–H and O–H groups in total. The maximum atomic E-state index is 12.9. The summed E-state index contributed by atoms with van der Waals surface area (Å²) in [4.78, 5) is 36.7. The number of aromatic amines is 1. The lowest BCUT2D eigenvalue weighted by molar-refractivity contribution is 0.408. The lowest BCUT2D eigenvalue weighted by atomic mass is 10.2. The van der Waals surface area contributed by atoms with Crippen LogP contribution in [0.25, 0.3) is 22.6 Å². The Morgan fingerprint density at radius 2 is 1.93 bits per heavy atom. The SMILES string of the molecule is CCCCn1c(=O)[nH]c(=O)c2c1nc(-c1cccnc1)n2Cc1ccccc1OC. The van der Waals surface area contributed by atoms with Gasteiger partial charge in [0.05, 0.1) is 13.7 Å². The van der Waals surface area contributed by atoms with E-state index >= 15 is 0 Å². The van der Waals surface area contributed by atoms with Crippen LogP contribution in [0.4, 0.5) is 0 Å². The van der Waals surface area contributed by atoms with Gasteiger partial charge in [0.1, 0.15) is 11.6 Å². The number of methoxy groups -OCH3 is 1. The average molecular weight is 405 g/mol. The van der Waals surface area contributed by atoms with Crippen LogP contribution in [0.2, 0.25) is 0 Å². The number of nitrogens with one attached hydrogen (secondary N) is 1. The number of hydrogen-bond donors (Lipinski definition) is 1. The number of H-pyrrole nitrogens is 1. The van der Waals surface area contributed by atoms with E-state index in [9.17, 15) is 9.59 Å². The first-order valence-corrected chi connectivity index (χ1v) is 9.89. The van der Waals surface area contributed by atoms with E-state index in [4.69, 9.17) is 9.72 Å². The standard InChI is InChI=1S/C22H23N5O3/c1-3-4-12-26-20-18(21(28)25-22(26)29)27(14-16-8-5-6-10-17(16)30-2)19(24-20)15-9-7-11-23-13-15/h5-11,13H,3-4,12,14H2,1-2H3,(H,25,28,29). The van der Waals surface area contributed by atoms with Crippen LogP contribution in [0.5, 0.6) is 5.75 Å². The monoisotopic (exact) mass is 405 g/mol. The fourth-order valence-electron chi connectivity index (χ4n) is 3.57. The van der Waals surface area contributed by atoms with Crippen LogP contribution in [0.15, 0.2) is 58.4 Å². The lowest BCUT2D eigenvalue weighted by Gasteiger charge is -2.12. The summed E-state index contributed by atoms with van der Waals surface area (Å²) >= 11 is 0. The van der Waals surface area contributed by atoms with Crippen molar-refractivity contribution in [3.63, 3.8) is 0 Å². The van der Waals surface area contributed by atoms with Crippen LogP contribution in [-0.4, -0.2) is 31.2 Å². The van der Waals surface area contributed by atoms with E-state index in [0.29, 0.717) is 35.8 Å². The van der Waals surface area contributed by atoms with Crippen molar-refractivity contribution in [3.8, 4) is 17.1 Å². The number of hydrogen-bond acceptors (Lipinski definition) is 5. The van der Waals surface area contributed by atoms with E-state index in [1.807, 2.05) is 41.0 Å². The number of nitrogens with zero attached hydrogens (tertiary/aromatic N) is 4. The number of fused-ring (bicyclic) bond motifs is 1. The van der Waals surface area contributed by atoms with Crippen LogP contribution in [0.1, 0.15) is 25.3 Å². The normalized spacial score (nSPS) is 11.1. The summed E-state index contributed by atoms with van der Waals surface area (Å²) in [5.74, 6) is 1.29. The molecule has 0 saturated carbocycles. The number of benzene rings is 1. The molecule has 0 fully saturated rings. The molecule has 0 amide bonds. The Kier molecular flexibility index (Phi) is 5.47. The molecule has 0 bridgehead atoms. The highest BCUT2D eigenvalue weighted by molar-refractivity contribution is 5.77. The highest BCUT2D eigenvalue weighted by Gasteiger charge is 2.20. The molecule has 4 rings (SSSR count). The summed E-state index contributed by atoms with van der Waals surface area (Å²) in [6.07, 6.45) is 5.11. The van der Waals surface area contributed by atoms with Crippen LogP contribution in [-0.2, 0) is 13.1 Å². The van der Waals surface area contributed by atoms with Gasteiger partial charge in [0.2, 0.25) is 0 Å². The Bertz CT molecular complexity index is 1290. The fraction of sp³-hybridized carbons (Fsp3) is 0.273. The quantitative estimate of drug-likeness (QED) is 0.510. The second-order valence-electron chi connectivity index (χ2n) is 7.01. The van der Waals surface area contributed by atoms with Crippen molar-refractivity contribution in [1.82, 2.24) is 24.1 Å². The van der Waals surface area contributed by atoms with Crippen molar-refractivity contribution in [2.45, 2.75) is 32.9 Å². The van der Waals surface area contributed by atoms with E-state index in [-0.39, 0.29) is 0 Å². The minimum absolute atomic E-state index is 0.357. The van der Waals surface area contributed by atoms with E-state index in [0.717, 1.165) is 24.0 Å². The van der Waals surface area contributed by atoms with E-state index in [2.05, 4.69) is 16.9 Å². The van der Waals surface area contributed by atoms with Crippen molar-refractivity contribution >= 4 is 11.2 Å². The number of para-hydroxylation sites is 1. The predicted molar refractivity (Wildman–Crippen MR) is 115 cm³/mol. The topological polar surface area (TPSA) is 94.8 Å². The molecule has 0 spiro atoms. The van der Waals surface area contributed by atoms with Crippen LogP contribution in [0, 0.1) is 0 Å². The van der Waals surface area contributed by atoms with Crippen molar-refractivity contribution in [1.29, 1.82) is 0 Å². The van der Waals surface area contributed by atoms with E-state index in [1.165, 1.54) is 0 Å². The van der Waals surface area contributed by atoms with E-state index in [1.54, 1.807) is 24.1 Å². The highest BCUT2D eigenvalue weighted by atomic mass is 16.5. The Morgan fingerprint density at radius 3 is 2.67 bits per heavy atom. The molecule has 0 aliphatic carbocycles. The molecule has 8 nitrogen and oxygen atoms in total. The number of aryl methyl sites for hydroxylation is 1. The number of aromatic nitrogens is 5. The summed E-state index contributed by atoms with van der Waals surface area (Å²) in [7, 11) is 1.61. The second-order valence-corrected chi connectivity index (χ2v) is 7.01. The third-order valence-corrected chi connectivity index (χ3v) is 5.06. The lowest BCUT2D eigenvalue weighted by Crippen LogP contribution is -2.31. The van der Waals surface area contributed by atoms with Gasteiger partial charge in [-0.1, -0.05) is 31.5 Å². The molecular formula is C22H23N5O3. The fourth-order valence-corrected chi connectivity index (χ4v) is 3.57. The molecule has 30 heavy (non-hydrogen) atoms. The van der Waals surface area contributed by atoms with Gasteiger partial charge >= 0.3 is 5.69 Å². The first-order chi connectivity index (χ1) is 14.6. The van der Waals surface area contributed by atoms with Crippen LogP contribution < -0.4 is 16.0 Å². The molecule has 154 valence electrons. The molecule has 8 heteroatoms. The van der Waals surface area contributed by atoms with Crippen LogP contribution >= 0.6 is 0 Å². The number of imidazole rings is 1. The van der Waals surface area contributed by atoms with E-state index < -0.39 is 11.2 Å². The van der Waals surface area contributed by atoms with Crippen molar-refractivity contribution < 1.29 is 4.74 Å². The average Bonchev–Trinajstić information content (AvgIpc) is 3.14. The maximum absolute atomic E-state index is 12.9. The largest absolute Gasteiger partial charge is 0.496 e. The third kappa shape index (κ3) is 3.52. The van der Waals surface area contributed by atoms with Gasteiger partial charge < -0.3 is 9.30 Å². The Balaban J connectivity index is 2.01. The smallest absolute Gasteiger partial charge is 0.330 e. The van der Waals surface area contributed by atoms with Gasteiger partial charge in [0.15, 0.2) is 11.2 Å². The zero-order valence-electron chi connectivity index (χ0n) is 17.0. The minimum Gasteiger partial charge on any atom is -0.496 e. The third-order valence-electron chi connectivity index (χ3n) is 5.06. The van der Waals surface area contributed by atoms with Gasteiger partial charge in [-0.15, -0.1) is 0 Å². The number of rotatable bonds is 7. The number of ether oxygens (including phenoxy) is 1. The Morgan fingerprint density at radius 1 is 1.10 bits per heavy atom. The van der Waals surface area contributed by atoms with Crippen molar-refractivity contribution in [2.75, 3.05) is 7.11 Å². The minimum atomic E-state index is -0.458. The highest BCUT2D eigenvalue weighted by Crippen LogP contribution is 2.26. The molecule has 1 aromatic carbocycles. The molecule has 0 atom stereocenters. The molecule has 3 heterocycles. The van der Waals surface area contributed by atoms with Gasteiger partial charge in [-0.3, -0.25) is 19.3 Å². The van der Waals surface area contributed by atoms with Gasteiger partial charge in [-0.25, -0.2) is 9.78 Å². The molecule has 3 aromatic heterocycles. The molecular weight excluding hydrogens is 382 g/mol. The molecule has 0 radical (unpaired) electrons. The van der Waals surface area contributed by atoms with Gasteiger partial charge in [-0.05, 0) is 24.6 Å². The van der Waals surface area contributed by atoms with Gasteiger partial charge in [0, 0.05) is 30.1 Å². The van der Waals surface area contributed by atoms with Gasteiger partial charge in [-0.2, -0.15) is 0 Å².